The summed E-state index contributed by atoms with van der Waals surface area (Å²) in [5.74, 6) is 0.299. The highest BCUT2D eigenvalue weighted by Crippen LogP contribution is 2.23. The minimum absolute atomic E-state index is 0.0766. The second kappa shape index (κ2) is 6.23. The molecular formula is C15H26N2O2. The third kappa shape index (κ3) is 3.69. The van der Waals surface area contributed by atoms with Crippen molar-refractivity contribution < 1.29 is 9.53 Å². The zero-order valence-corrected chi connectivity index (χ0v) is 11.8. The predicted octanol–water partition coefficient (Wildman–Crippen LogP) is 1.69. The summed E-state index contributed by atoms with van der Waals surface area (Å²) in [5, 5.41) is 3.47. The molecule has 19 heavy (non-hydrogen) atoms. The van der Waals surface area contributed by atoms with E-state index in [1.165, 1.54) is 38.5 Å². The standard InChI is InChI=1S/C15H26N2O2/c18-15-14(16-12-7-8-12)6-3-9-17(15)10-11-19-13-4-1-2-5-13/h12-14,16H,1-11H2. The van der Waals surface area contributed by atoms with Crippen molar-refractivity contribution >= 4 is 5.91 Å². The molecule has 1 N–H and O–H groups in total. The number of hydrogen-bond donors (Lipinski definition) is 1. The van der Waals surface area contributed by atoms with Crippen molar-refractivity contribution in [3.8, 4) is 0 Å². The van der Waals surface area contributed by atoms with Crippen LogP contribution in [-0.4, -0.2) is 48.7 Å². The molecular weight excluding hydrogens is 240 g/mol. The molecule has 3 rings (SSSR count). The predicted molar refractivity (Wildman–Crippen MR) is 74.0 cm³/mol. The molecule has 1 amide bonds. The van der Waals surface area contributed by atoms with Crippen molar-refractivity contribution in [2.24, 2.45) is 0 Å². The van der Waals surface area contributed by atoms with Gasteiger partial charge in [0.1, 0.15) is 0 Å². The van der Waals surface area contributed by atoms with Gasteiger partial charge >= 0.3 is 0 Å². The Hall–Kier alpha value is -0.610. The van der Waals surface area contributed by atoms with E-state index in [2.05, 4.69) is 5.32 Å². The van der Waals surface area contributed by atoms with Gasteiger partial charge in [-0.2, -0.15) is 0 Å². The molecule has 1 saturated heterocycles. The van der Waals surface area contributed by atoms with Gasteiger partial charge in [-0.05, 0) is 38.5 Å². The maximum absolute atomic E-state index is 12.3. The normalized spacial score (nSPS) is 29.2. The lowest BCUT2D eigenvalue weighted by molar-refractivity contribution is -0.137. The van der Waals surface area contributed by atoms with E-state index in [0.717, 1.165) is 25.9 Å². The molecule has 2 aliphatic carbocycles. The van der Waals surface area contributed by atoms with Crippen molar-refractivity contribution in [2.75, 3.05) is 19.7 Å². The quantitative estimate of drug-likeness (QED) is 0.795. The van der Waals surface area contributed by atoms with Crippen LogP contribution in [0.25, 0.3) is 0 Å². The number of amides is 1. The molecule has 0 aromatic heterocycles. The van der Waals surface area contributed by atoms with Crippen LogP contribution in [0.3, 0.4) is 0 Å². The number of ether oxygens (including phenoxy) is 1. The largest absolute Gasteiger partial charge is 0.376 e. The summed E-state index contributed by atoms with van der Waals surface area (Å²) in [7, 11) is 0. The lowest BCUT2D eigenvalue weighted by atomic mass is 10.0. The SMILES string of the molecule is O=C1C(NC2CC2)CCCN1CCOC1CCCC1. The first kappa shape index (κ1) is 13.4. The zero-order chi connectivity index (χ0) is 13.1. The summed E-state index contributed by atoms with van der Waals surface area (Å²) in [6.45, 7) is 2.40. The molecule has 0 spiro atoms. The van der Waals surface area contributed by atoms with E-state index in [1.54, 1.807) is 0 Å². The molecule has 1 aliphatic heterocycles. The Morgan fingerprint density at radius 1 is 1.11 bits per heavy atom. The molecule has 0 aromatic carbocycles. The van der Waals surface area contributed by atoms with Crippen molar-refractivity contribution in [1.82, 2.24) is 10.2 Å². The van der Waals surface area contributed by atoms with Gasteiger partial charge in [-0.3, -0.25) is 4.79 Å². The number of carbonyl (C=O) groups excluding carboxylic acids is 1. The Morgan fingerprint density at radius 2 is 1.89 bits per heavy atom. The van der Waals surface area contributed by atoms with Gasteiger partial charge in [-0.15, -0.1) is 0 Å². The van der Waals surface area contributed by atoms with Crippen molar-refractivity contribution in [1.29, 1.82) is 0 Å². The summed E-state index contributed by atoms with van der Waals surface area (Å²) in [4.78, 5) is 14.3. The van der Waals surface area contributed by atoms with E-state index in [0.29, 0.717) is 24.7 Å². The number of carbonyl (C=O) groups is 1. The monoisotopic (exact) mass is 266 g/mol. The molecule has 3 fully saturated rings. The van der Waals surface area contributed by atoms with Crippen LogP contribution in [0.1, 0.15) is 51.4 Å². The van der Waals surface area contributed by atoms with Crippen LogP contribution in [0.5, 0.6) is 0 Å². The lowest BCUT2D eigenvalue weighted by Gasteiger charge is -2.33. The Balaban J connectivity index is 1.39. The molecule has 108 valence electrons. The zero-order valence-electron chi connectivity index (χ0n) is 11.8. The van der Waals surface area contributed by atoms with E-state index >= 15 is 0 Å². The highest BCUT2D eigenvalue weighted by Gasteiger charge is 2.33. The van der Waals surface area contributed by atoms with Crippen LogP contribution >= 0.6 is 0 Å². The Kier molecular flexibility index (Phi) is 4.38. The van der Waals surface area contributed by atoms with Crippen LogP contribution in [0, 0.1) is 0 Å². The second-order valence-corrected chi connectivity index (χ2v) is 6.24. The molecule has 0 bridgehead atoms. The smallest absolute Gasteiger partial charge is 0.239 e. The van der Waals surface area contributed by atoms with Crippen molar-refractivity contribution in [3.63, 3.8) is 0 Å². The van der Waals surface area contributed by atoms with E-state index in [4.69, 9.17) is 4.74 Å². The fourth-order valence-electron chi connectivity index (χ4n) is 3.24. The Labute approximate surface area is 115 Å². The lowest BCUT2D eigenvalue weighted by Crippen LogP contribution is -2.52. The average molecular weight is 266 g/mol. The van der Waals surface area contributed by atoms with E-state index < -0.39 is 0 Å². The summed E-state index contributed by atoms with van der Waals surface area (Å²) < 4.78 is 5.87. The van der Waals surface area contributed by atoms with E-state index in [9.17, 15) is 4.79 Å². The third-order valence-corrected chi connectivity index (χ3v) is 4.56. The van der Waals surface area contributed by atoms with Gasteiger partial charge < -0.3 is 15.0 Å². The van der Waals surface area contributed by atoms with Gasteiger partial charge in [0.05, 0.1) is 18.8 Å². The second-order valence-electron chi connectivity index (χ2n) is 6.24. The number of nitrogens with one attached hydrogen (secondary N) is 1. The molecule has 0 aromatic rings. The minimum atomic E-state index is 0.0766. The van der Waals surface area contributed by atoms with Gasteiger partial charge in [-0.25, -0.2) is 0 Å². The summed E-state index contributed by atoms with van der Waals surface area (Å²) in [5.41, 5.74) is 0. The Bertz CT molecular complexity index is 311. The highest BCUT2D eigenvalue weighted by molar-refractivity contribution is 5.82. The van der Waals surface area contributed by atoms with Gasteiger partial charge in [-0.1, -0.05) is 12.8 Å². The van der Waals surface area contributed by atoms with Crippen LogP contribution in [-0.2, 0) is 9.53 Å². The Morgan fingerprint density at radius 3 is 2.63 bits per heavy atom. The first-order valence-electron chi connectivity index (χ1n) is 7.99. The molecule has 1 unspecified atom stereocenters. The molecule has 4 nitrogen and oxygen atoms in total. The van der Waals surface area contributed by atoms with Crippen LogP contribution in [0.15, 0.2) is 0 Å². The minimum Gasteiger partial charge on any atom is -0.376 e. The molecule has 2 saturated carbocycles. The summed E-state index contributed by atoms with van der Waals surface area (Å²) in [6, 6.07) is 0.691. The molecule has 3 aliphatic rings. The number of nitrogens with zero attached hydrogens (tertiary/aromatic N) is 1. The van der Waals surface area contributed by atoms with Crippen LogP contribution in [0.2, 0.25) is 0 Å². The third-order valence-electron chi connectivity index (χ3n) is 4.56. The molecule has 1 atom stereocenters. The summed E-state index contributed by atoms with van der Waals surface area (Å²) >= 11 is 0. The number of likely N-dealkylation sites (tertiary alicyclic amines) is 1. The van der Waals surface area contributed by atoms with Crippen molar-refractivity contribution in [3.05, 3.63) is 0 Å². The summed E-state index contributed by atoms with van der Waals surface area (Å²) in [6.07, 6.45) is 10.1. The van der Waals surface area contributed by atoms with E-state index in [1.807, 2.05) is 4.90 Å². The van der Waals surface area contributed by atoms with Gasteiger partial charge in [0.15, 0.2) is 0 Å². The topological polar surface area (TPSA) is 41.6 Å². The number of hydrogen-bond acceptors (Lipinski definition) is 3. The van der Waals surface area contributed by atoms with E-state index in [-0.39, 0.29) is 6.04 Å². The molecule has 0 radical (unpaired) electrons. The molecule has 4 heteroatoms. The van der Waals surface area contributed by atoms with Gasteiger partial charge in [0, 0.05) is 19.1 Å². The fourth-order valence-corrected chi connectivity index (χ4v) is 3.24. The average Bonchev–Trinajstić information content (AvgIpc) is 3.07. The maximum Gasteiger partial charge on any atom is 0.239 e. The number of rotatable bonds is 6. The number of piperidine rings is 1. The maximum atomic E-state index is 12.3. The van der Waals surface area contributed by atoms with Crippen molar-refractivity contribution in [2.45, 2.75) is 69.6 Å². The van der Waals surface area contributed by atoms with Gasteiger partial charge in [0.2, 0.25) is 5.91 Å². The first-order chi connectivity index (χ1) is 9.33. The van der Waals surface area contributed by atoms with Crippen LogP contribution in [0.4, 0.5) is 0 Å². The molecule has 1 heterocycles. The fraction of sp³-hybridized carbons (Fsp3) is 0.933. The first-order valence-corrected chi connectivity index (χ1v) is 7.99. The highest BCUT2D eigenvalue weighted by atomic mass is 16.5. The van der Waals surface area contributed by atoms with Gasteiger partial charge in [0.25, 0.3) is 0 Å². The van der Waals surface area contributed by atoms with Crippen LogP contribution < -0.4 is 5.32 Å².